The number of carbonyl (C=O) groups is 1. The molecule has 2 atom stereocenters. The molecule has 3 saturated carbocycles. The van der Waals surface area contributed by atoms with Crippen LogP contribution in [0.2, 0.25) is 0 Å². The minimum absolute atomic E-state index is 0.115. The maximum absolute atomic E-state index is 14.5. The van der Waals surface area contributed by atoms with Crippen LogP contribution in [-0.4, -0.2) is 32.1 Å². The van der Waals surface area contributed by atoms with Gasteiger partial charge in [-0.2, -0.15) is 0 Å². The summed E-state index contributed by atoms with van der Waals surface area (Å²) in [4.78, 5) is 24.9. The smallest absolute Gasteiger partial charge is 0.308 e. The number of carboxylic acids is 1. The molecular weight excluding hydrogens is 514 g/mol. The number of hydrogen-bond donors (Lipinski definition) is 3. The van der Waals surface area contributed by atoms with E-state index in [1.165, 1.54) is 6.07 Å². The molecule has 8 rings (SSSR count). The van der Waals surface area contributed by atoms with E-state index in [-0.39, 0.29) is 29.2 Å². The van der Waals surface area contributed by atoms with Gasteiger partial charge in [-0.3, -0.25) is 4.79 Å². The van der Waals surface area contributed by atoms with Crippen molar-refractivity contribution in [1.82, 2.24) is 15.0 Å². The average Bonchev–Trinajstić information content (AvgIpc) is 3.38. The number of halogens is 2. The summed E-state index contributed by atoms with van der Waals surface area (Å²) in [6.45, 7) is 0. The third-order valence-corrected chi connectivity index (χ3v) is 8.42. The number of ether oxygens (including phenoxy) is 1. The SMILES string of the molecule is O=C(O)C1C2CCC(CC2)C1Nc1nc(-c2c[nH]c3c(F)cc(F)cc23)nc2c(Oc3ccccc3)cccc12. The first-order valence-corrected chi connectivity index (χ1v) is 13.5. The first kappa shape index (κ1) is 24.5. The molecule has 3 aliphatic carbocycles. The number of rotatable bonds is 6. The molecule has 0 amide bonds. The van der Waals surface area contributed by atoms with Crippen LogP contribution in [0.4, 0.5) is 14.6 Å². The highest BCUT2D eigenvalue weighted by atomic mass is 19.1. The summed E-state index contributed by atoms with van der Waals surface area (Å²) in [5.74, 6) is -0.622. The van der Waals surface area contributed by atoms with Crippen molar-refractivity contribution < 1.29 is 23.4 Å². The van der Waals surface area contributed by atoms with Crippen molar-refractivity contribution in [2.75, 3.05) is 5.32 Å². The number of nitrogens with one attached hydrogen (secondary N) is 2. The minimum Gasteiger partial charge on any atom is -0.481 e. The fourth-order valence-electron chi connectivity index (χ4n) is 6.56. The Morgan fingerprint density at radius 2 is 1.73 bits per heavy atom. The van der Waals surface area contributed by atoms with E-state index >= 15 is 0 Å². The van der Waals surface area contributed by atoms with E-state index in [1.54, 1.807) is 12.3 Å². The van der Waals surface area contributed by atoms with E-state index in [9.17, 15) is 18.7 Å². The summed E-state index contributed by atoms with van der Waals surface area (Å²) in [5, 5.41) is 14.6. The molecule has 3 aliphatic rings. The van der Waals surface area contributed by atoms with Gasteiger partial charge < -0.3 is 20.1 Å². The molecule has 3 N–H and O–H groups in total. The standard InChI is InChI=1S/C31H26F2N4O3/c32-18-13-21-22(15-34-27(21)23(33)14-18)30-36-28-20(7-4-8-24(28)40-19-5-2-1-3-6-19)29(37-30)35-26-17-11-9-16(10-12-17)25(26)31(38)39/h1-8,13-17,25-26,34H,9-12H2,(H,38,39)(H,35,36,37). The Hall–Kier alpha value is -4.53. The first-order chi connectivity index (χ1) is 19.5. The van der Waals surface area contributed by atoms with Gasteiger partial charge in [-0.15, -0.1) is 0 Å². The van der Waals surface area contributed by atoms with Crippen LogP contribution in [0, 0.1) is 29.4 Å². The molecule has 9 heteroatoms. The summed E-state index contributed by atoms with van der Waals surface area (Å²) >= 11 is 0. The molecule has 3 fully saturated rings. The van der Waals surface area contributed by atoms with Gasteiger partial charge in [-0.05, 0) is 67.9 Å². The second kappa shape index (κ2) is 9.59. The molecule has 3 aromatic carbocycles. The van der Waals surface area contributed by atoms with Crippen LogP contribution in [0.3, 0.4) is 0 Å². The molecule has 0 saturated heterocycles. The number of hydrogen-bond acceptors (Lipinski definition) is 5. The Kier molecular flexibility index (Phi) is 5.87. The van der Waals surface area contributed by atoms with Crippen LogP contribution in [0.25, 0.3) is 33.2 Å². The molecule has 0 spiro atoms. The number of anilines is 1. The third kappa shape index (κ3) is 4.13. The van der Waals surface area contributed by atoms with Gasteiger partial charge in [0.1, 0.15) is 28.7 Å². The fourth-order valence-corrected chi connectivity index (χ4v) is 6.56. The lowest BCUT2D eigenvalue weighted by atomic mass is 9.61. The number of fused-ring (bicyclic) bond motifs is 5. The summed E-state index contributed by atoms with van der Waals surface area (Å²) in [5.41, 5.74) is 1.07. The normalized spacial score (nSPS) is 22.1. The lowest BCUT2D eigenvalue weighted by Crippen LogP contribution is -2.51. The van der Waals surface area contributed by atoms with Crippen molar-refractivity contribution in [1.29, 1.82) is 0 Å². The predicted molar refractivity (Wildman–Crippen MR) is 147 cm³/mol. The zero-order chi connectivity index (χ0) is 27.4. The van der Waals surface area contributed by atoms with Crippen LogP contribution >= 0.6 is 0 Å². The lowest BCUT2D eigenvalue weighted by Gasteiger charge is -2.47. The molecule has 5 aromatic rings. The molecule has 2 aromatic heterocycles. The number of benzene rings is 3. The van der Waals surface area contributed by atoms with Crippen LogP contribution in [0.5, 0.6) is 11.5 Å². The van der Waals surface area contributed by atoms with Crippen molar-refractivity contribution in [2.45, 2.75) is 31.7 Å². The molecule has 2 bridgehead atoms. The zero-order valence-corrected chi connectivity index (χ0v) is 21.4. The molecule has 2 unspecified atom stereocenters. The van der Waals surface area contributed by atoms with E-state index in [0.717, 1.165) is 31.7 Å². The first-order valence-electron chi connectivity index (χ1n) is 13.5. The minimum atomic E-state index is -0.804. The number of nitrogens with zero attached hydrogens (tertiary/aromatic N) is 2. The molecule has 7 nitrogen and oxygen atoms in total. The van der Waals surface area contributed by atoms with Crippen molar-refractivity contribution in [3.05, 3.63) is 78.5 Å². The van der Waals surface area contributed by atoms with E-state index in [4.69, 9.17) is 14.7 Å². The number of aliphatic carboxylic acids is 1. The van der Waals surface area contributed by atoms with Crippen LogP contribution < -0.4 is 10.1 Å². The van der Waals surface area contributed by atoms with Crippen LogP contribution in [0.1, 0.15) is 25.7 Å². The molecular formula is C31H26F2N4O3. The Morgan fingerprint density at radius 1 is 0.950 bits per heavy atom. The second-order valence-corrected chi connectivity index (χ2v) is 10.7. The molecule has 40 heavy (non-hydrogen) atoms. The van der Waals surface area contributed by atoms with Gasteiger partial charge in [0.05, 0.1) is 11.4 Å². The Balaban J connectivity index is 1.41. The summed E-state index contributed by atoms with van der Waals surface area (Å²) in [6, 6.07) is 16.6. The second-order valence-electron chi connectivity index (χ2n) is 10.7. The van der Waals surface area contributed by atoms with Crippen molar-refractivity contribution in [2.24, 2.45) is 17.8 Å². The molecule has 202 valence electrons. The molecule has 2 heterocycles. The quantitative estimate of drug-likeness (QED) is 0.212. The number of H-pyrrole nitrogens is 1. The highest BCUT2D eigenvalue weighted by molar-refractivity contribution is 5.99. The zero-order valence-electron chi connectivity index (χ0n) is 21.4. The topological polar surface area (TPSA) is 100 Å². The highest BCUT2D eigenvalue weighted by Gasteiger charge is 2.47. The summed E-state index contributed by atoms with van der Waals surface area (Å²) in [6.07, 6.45) is 5.31. The van der Waals surface area contributed by atoms with Gasteiger partial charge in [0.15, 0.2) is 11.6 Å². The van der Waals surface area contributed by atoms with Crippen LogP contribution in [-0.2, 0) is 4.79 Å². The van der Waals surface area contributed by atoms with Gasteiger partial charge in [-0.1, -0.05) is 24.3 Å². The van der Waals surface area contributed by atoms with Gasteiger partial charge in [0.2, 0.25) is 0 Å². The van der Waals surface area contributed by atoms with Crippen molar-refractivity contribution in [3.63, 3.8) is 0 Å². The number of aromatic amines is 1. The van der Waals surface area contributed by atoms with E-state index in [1.807, 2.05) is 42.5 Å². The molecule has 0 aliphatic heterocycles. The van der Waals surface area contributed by atoms with Crippen molar-refractivity contribution >= 4 is 33.6 Å². The fraction of sp³-hybridized carbons (Fsp3) is 0.258. The van der Waals surface area contributed by atoms with E-state index in [0.29, 0.717) is 39.2 Å². The van der Waals surface area contributed by atoms with E-state index in [2.05, 4.69) is 10.3 Å². The van der Waals surface area contributed by atoms with Gasteiger partial charge in [0.25, 0.3) is 0 Å². The summed E-state index contributed by atoms with van der Waals surface area (Å²) in [7, 11) is 0. The largest absolute Gasteiger partial charge is 0.481 e. The Bertz CT molecular complexity index is 1750. The highest BCUT2D eigenvalue weighted by Crippen LogP contribution is 2.47. The number of carboxylic acid groups (broad SMARTS) is 1. The maximum atomic E-state index is 14.5. The predicted octanol–water partition coefficient (Wildman–Crippen LogP) is 7.15. The maximum Gasteiger partial charge on any atom is 0.308 e. The lowest BCUT2D eigenvalue weighted by molar-refractivity contribution is -0.148. The monoisotopic (exact) mass is 540 g/mol. The number of para-hydroxylation sites is 2. The Morgan fingerprint density at radius 3 is 2.50 bits per heavy atom. The van der Waals surface area contributed by atoms with Gasteiger partial charge >= 0.3 is 5.97 Å². The van der Waals surface area contributed by atoms with Gasteiger partial charge in [-0.25, -0.2) is 18.7 Å². The third-order valence-electron chi connectivity index (χ3n) is 8.42. The average molecular weight is 541 g/mol. The number of aromatic nitrogens is 3. The summed E-state index contributed by atoms with van der Waals surface area (Å²) < 4.78 is 35.0. The van der Waals surface area contributed by atoms with E-state index < -0.39 is 23.5 Å². The van der Waals surface area contributed by atoms with Crippen molar-refractivity contribution in [3.8, 4) is 22.9 Å². The van der Waals surface area contributed by atoms with Gasteiger partial charge in [0, 0.05) is 34.6 Å². The van der Waals surface area contributed by atoms with Crippen LogP contribution in [0.15, 0.2) is 66.9 Å². The Labute approximate surface area is 228 Å². The molecule has 0 radical (unpaired) electrons.